The monoisotopic (exact) mass is 275 g/mol. The number of ether oxygens (including phenoxy) is 1. The Morgan fingerprint density at radius 1 is 1.32 bits per heavy atom. The molecular weight excluding hydrogens is 246 g/mol. The van der Waals surface area contributed by atoms with Gasteiger partial charge in [0.05, 0.1) is 12.1 Å². The van der Waals surface area contributed by atoms with E-state index in [9.17, 15) is 5.11 Å². The second-order valence-corrected chi connectivity index (χ2v) is 4.67. The Balaban J connectivity index is 4.32. The van der Waals surface area contributed by atoms with E-state index >= 15 is 0 Å². The fraction of sp³-hybridized carbons (Fsp3) is 0.846. The van der Waals surface area contributed by atoms with Crippen molar-refractivity contribution in [2.24, 2.45) is 11.5 Å². The highest BCUT2D eigenvalue weighted by atomic mass is 16.5. The third kappa shape index (κ3) is 8.18. The molecule has 114 valence electrons. The molecule has 0 heterocycles. The van der Waals surface area contributed by atoms with Gasteiger partial charge in [-0.15, -0.1) is 0 Å². The zero-order chi connectivity index (χ0) is 14.6. The number of nitrogens with one attached hydrogen (secondary N) is 1. The molecule has 6 nitrogen and oxygen atoms in total. The van der Waals surface area contributed by atoms with Crippen LogP contribution in [0.25, 0.3) is 0 Å². The molecule has 0 amide bonds. The first kappa shape index (κ1) is 18.3. The van der Waals surface area contributed by atoms with Crippen LogP contribution < -0.4 is 16.9 Å². The van der Waals surface area contributed by atoms with Crippen molar-refractivity contribution in [2.75, 3.05) is 26.3 Å². The molecule has 7 N–H and O–H groups in total. The van der Waals surface area contributed by atoms with Gasteiger partial charge in [0.15, 0.2) is 0 Å². The van der Waals surface area contributed by atoms with E-state index in [0.717, 1.165) is 19.3 Å². The van der Waals surface area contributed by atoms with Crippen molar-refractivity contribution in [3.63, 3.8) is 0 Å². The van der Waals surface area contributed by atoms with Gasteiger partial charge in [-0.3, -0.25) is 0 Å². The van der Waals surface area contributed by atoms with E-state index in [1.807, 2.05) is 6.92 Å². The van der Waals surface area contributed by atoms with E-state index in [2.05, 4.69) is 5.48 Å². The molecule has 0 aromatic carbocycles. The lowest BCUT2D eigenvalue weighted by Gasteiger charge is -2.29. The Labute approximate surface area is 115 Å². The van der Waals surface area contributed by atoms with Crippen LogP contribution in [0.5, 0.6) is 0 Å². The molecule has 0 spiro atoms. The smallest absolute Gasteiger partial charge is 0.108 e. The summed E-state index contributed by atoms with van der Waals surface area (Å²) in [6.45, 7) is 3.95. The minimum absolute atomic E-state index is 0.225. The van der Waals surface area contributed by atoms with Gasteiger partial charge in [0.2, 0.25) is 0 Å². The van der Waals surface area contributed by atoms with Crippen LogP contribution in [-0.4, -0.2) is 42.2 Å². The fourth-order valence-electron chi connectivity index (χ4n) is 1.86. The van der Waals surface area contributed by atoms with Gasteiger partial charge in [0, 0.05) is 19.7 Å². The van der Waals surface area contributed by atoms with Crippen LogP contribution in [-0.2, 0) is 4.74 Å². The van der Waals surface area contributed by atoms with Crippen molar-refractivity contribution in [3.05, 3.63) is 11.8 Å². The zero-order valence-corrected chi connectivity index (χ0v) is 11.9. The van der Waals surface area contributed by atoms with Gasteiger partial charge in [0.25, 0.3) is 0 Å². The Morgan fingerprint density at radius 2 is 2.05 bits per heavy atom. The van der Waals surface area contributed by atoms with Gasteiger partial charge in [-0.2, -0.15) is 0 Å². The minimum Gasteiger partial charge on any atom is -0.511 e. The van der Waals surface area contributed by atoms with E-state index in [-0.39, 0.29) is 5.76 Å². The average Bonchev–Trinajstić information content (AvgIpc) is 2.40. The molecule has 19 heavy (non-hydrogen) atoms. The van der Waals surface area contributed by atoms with E-state index in [1.54, 1.807) is 6.08 Å². The van der Waals surface area contributed by atoms with E-state index in [4.69, 9.17) is 21.4 Å². The molecule has 1 unspecified atom stereocenters. The molecule has 1 atom stereocenters. The number of hydroxylamine groups is 1. The summed E-state index contributed by atoms with van der Waals surface area (Å²) < 4.78 is 5.34. The number of hydrogen-bond donors (Lipinski definition) is 5. The van der Waals surface area contributed by atoms with Gasteiger partial charge >= 0.3 is 0 Å². The van der Waals surface area contributed by atoms with Gasteiger partial charge < -0.3 is 26.5 Å². The van der Waals surface area contributed by atoms with Crippen molar-refractivity contribution in [2.45, 2.75) is 44.6 Å². The number of aliphatic hydroxyl groups is 1. The quantitative estimate of drug-likeness (QED) is 0.207. The number of unbranched alkanes of at least 4 members (excludes halogenated alkanes) is 1. The molecule has 0 aromatic heterocycles. The summed E-state index contributed by atoms with van der Waals surface area (Å²) in [5.74, 6) is 0.225. The van der Waals surface area contributed by atoms with Crippen LogP contribution in [0.15, 0.2) is 11.8 Å². The average molecular weight is 275 g/mol. The predicted octanol–water partition coefficient (Wildman–Crippen LogP) is 1.05. The van der Waals surface area contributed by atoms with Crippen LogP contribution in [0.1, 0.15) is 39.0 Å². The Bertz CT molecular complexity index is 235. The maximum Gasteiger partial charge on any atom is 0.108 e. The molecule has 0 aromatic rings. The molecule has 0 bridgehead atoms. The normalized spacial score (nSPS) is 15.5. The third-order valence-corrected chi connectivity index (χ3v) is 3.02. The van der Waals surface area contributed by atoms with Gasteiger partial charge in [-0.1, -0.05) is 6.92 Å². The second-order valence-electron chi connectivity index (χ2n) is 4.67. The number of nitrogens with two attached hydrogens (primary N) is 2. The second kappa shape index (κ2) is 11.2. The highest BCUT2D eigenvalue weighted by molar-refractivity contribution is 5.11. The number of allylic oxidation sites excluding steroid dienone is 1. The van der Waals surface area contributed by atoms with Crippen LogP contribution in [0, 0.1) is 0 Å². The summed E-state index contributed by atoms with van der Waals surface area (Å²) in [6.07, 6.45) is 5.33. The van der Waals surface area contributed by atoms with Crippen LogP contribution in [0.4, 0.5) is 0 Å². The molecular formula is C13H29N3O3. The van der Waals surface area contributed by atoms with Gasteiger partial charge in [-0.05, 0) is 38.2 Å². The number of rotatable bonds is 12. The summed E-state index contributed by atoms with van der Waals surface area (Å²) in [6, 6.07) is 0. The van der Waals surface area contributed by atoms with E-state index in [1.165, 1.54) is 0 Å². The molecule has 6 heteroatoms. The summed E-state index contributed by atoms with van der Waals surface area (Å²) in [5.41, 5.74) is 13.0. The third-order valence-electron chi connectivity index (χ3n) is 3.02. The lowest BCUT2D eigenvalue weighted by atomic mass is 9.87. The highest BCUT2D eigenvalue weighted by Gasteiger charge is 2.28. The van der Waals surface area contributed by atoms with Crippen LogP contribution in [0.3, 0.4) is 0 Å². The molecule has 0 saturated heterocycles. The summed E-state index contributed by atoms with van der Waals surface area (Å²) in [5, 5.41) is 18.6. The van der Waals surface area contributed by atoms with Crippen molar-refractivity contribution in [3.8, 4) is 0 Å². The molecule has 0 radical (unpaired) electrons. The topological polar surface area (TPSA) is 114 Å². The molecule has 0 rings (SSSR count). The Kier molecular flexibility index (Phi) is 10.8. The Morgan fingerprint density at radius 3 is 2.63 bits per heavy atom. The van der Waals surface area contributed by atoms with Crippen molar-refractivity contribution in [1.29, 1.82) is 0 Å². The predicted molar refractivity (Wildman–Crippen MR) is 76.1 cm³/mol. The van der Waals surface area contributed by atoms with Crippen molar-refractivity contribution in [1.82, 2.24) is 5.48 Å². The van der Waals surface area contributed by atoms with Crippen molar-refractivity contribution < 1.29 is 15.1 Å². The molecule has 0 aliphatic rings. The molecule has 0 aliphatic heterocycles. The lowest BCUT2D eigenvalue weighted by Crippen LogP contribution is -2.43. The first-order valence-electron chi connectivity index (χ1n) is 6.94. The standard InChI is InChI=1S/C13H29N3O3/c1-2-5-12(17)13(15,6-3-4-9-16-18)7-10-19-11-8-14/h5,16-18H,2-4,6-11,14-15H2,1H3/b12-5+. The van der Waals surface area contributed by atoms with Gasteiger partial charge in [-0.25, -0.2) is 5.48 Å². The number of aliphatic hydroxyl groups excluding tert-OH is 1. The van der Waals surface area contributed by atoms with Crippen LogP contribution in [0.2, 0.25) is 0 Å². The first-order chi connectivity index (χ1) is 9.10. The minimum atomic E-state index is -0.750. The van der Waals surface area contributed by atoms with Crippen molar-refractivity contribution >= 4 is 0 Å². The molecule has 0 saturated carbocycles. The van der Waals surface area contributed by atoms with E-state index in [0.29, 0.717) is 39.1 Å². The zero-order valence-electron chi connectivity index (χ0n) is 11.9. The summed E-state index contributed by atoms with van der Waals surface area (Å²) in [4.78, 5) is 0. The first-order valence-corrected chi connectivity index (χ1v) is 6.94. The van der Waals surface area contributed by atoms with Gasteiger partial charge in [0.1, 0.15) is 5.76 Å². The fourth-order valence-corrected chi connectivity index (χ4v) is 1.86. The highest BCUT2D eigenvalue weighted by Crippen LogP contribution is 2.23. The SMILES string of the molecule is CC/C=C(/O)C(N)(CCCCNO)CCOCCN. The molecule has 0 aliphatic carbocycles. The van der Waals surface area contributed by atoms with E-state index < -0.39 is 5.54 Å². The maximum absolute atomic E-state index is 10.1. The lowest BCUT2D eigenvalue weighted by molar-refractivity contribution is 0.113. The largest absolute Gasteiger partial charge is 0.511 e. The maximum atomic E-state index is 10.1. The summed E-state index contributed by atoms with van der Waals surface area (Å²) in [7, 11) is 0. The Hall–Kier alpha value is -0.660. The molecule has 0 fully saturated rings. The van der Waals surface area contributed by atoms with Crippen LogP contribution >= 0.6 is 0 Å². The summed E-state index contributed by atoms with van der Waals surface area (Å²) >= 11 is 0. The number of hydrogen-bond acceptors (Lipinski definition) is 6.